The number of piperidine rings is 1. The first-order valence-corrected chi connectivity index (χ1v) is 6.68. The zero-order chi connectivity index (χ0) is 15.6. The SMILES string of the molecule is COc1ccc(C(=O)N2CCCC(C)(O)C2)cc1[N+](=O)[O-]. The lowest BCUT2D eigenvalue weighted by Gasteiger charge is -2.36. The number of hydrogen-bond donors (Lipinski definition) is 1. The van der Waals surface area contributed by atoms with Gasteiger partial charge in [0.2, 0.25) is 0 Å². The van der Waals surface area contributed by atoms with Gasteiger partial charge in [0.1, 0.15) is 0 Å². The van der Waals surface area contributed by atoms with Crippen LogP contribution in [0, 0.1) is 10.1 Å². The summed E-state index contributed by atoms with van der Waals surface area (Å²) in [6, 6.07) is 4.12. The number of methoxy groups -OCH3 is 1. The maximum atomic E-state index is 12.4. The summed E-state index contributed by atoms with van der Waals surface area (Å²) < 4.78 is 4.91. The zero-order valence-electron chi connectivity index (χ0n) is 12.0. The van der Waals surface area contributed by atoms with Gasteiger partial charge in [-0.3, -0.25) is 14.9 Å². The van der Waals surface area contributed by atoms with E-state index in [0.29, 0.717) is 19.4 Å². The van der Waals surface area contributed by atoms with Crippen LogP contribution in [0.1, 0.15) is 30.1 Å². The molecule has 0 aliphatic carbocycles. The predicted octanol–water partition coefficient (Wildman–Crippen LogP) is 1.59. The van der Waals surface area contributed by atoms with Gasteiger partial charge in [-0.05, 0) is 31.9 Å². The molecule has 1 aliphatic rings. The van der Waals surface area contributed by atoms with Crippen LogP contribution in [0.5, 0.6) is 5.75 Å². The van der Waals surface area contributed by atoms with Crippen molar-refractivity contribution in [2.75, 3.05) is 20.2 Å². The van der Waals surface area contributed by atoms with Gasteiger partial charge in [-0.2, -0.15) is 0 Å². The van der Waals surface area contributed by atoms with Crippen LogP contribution >= 0.6 is 0 Å². The Kier molecular flexibility index (Phi) is 4.13. The average Bonchev–Trinajstić information content (AvgIpc) is 2.44. The summed E-state index contributed by atoms with van der Waals surface area (Å²) in [7, 11) is 1.34. The first-order valence-electron chi connectivity index (χ1n) is 6.68. The molecule has 0 aromatic heterocycles. The monoisotopic (exact) mass is 294 g/mol. The van der Waals surface area contributed by atoms with Gasteiger partial charge in [-0.1, -0.05) is 0 Å². The van der Waals surface area contributed by atoms with E-state index in [4.69, 9.17) is 4.74 Å². The summed E-state index contributed by atoms with van der Waals surface area (Å²) in [6.07, 6.45) is 1.34. The number of ether oxygens (including phenoxy) is 1. The van der Waals surface area contributed by atoms with E-state index in [2.05, 4.69) is 0 Å². The van der Waals surface area contributed by atoms with Crippen LogP contribution in [-0.2, 0) is 0 Å². The molecule has 1 N–H and O–H groups in total. The molecule has 1 aromatic rings. The molecule has 1 atom stereocenters. The third kappa shape index (κ3) is 3.30. The fourth-order valence-electron chi connectivity index (χ4n) is 2.54. The molecule has 0 radical (unpaired) electrons. The molecular weight excluding hydrogens is 276 g/mol. The van der Waals surface area contributed by atoms with Gasteiger partial charge in [0.05, 0.1) is 17.6 Å². The van der Waals surface area contributed by atoms with Gasteiger partial charge in [0.25, 0.3) is 5.91 Å². The maximum absolute atomic E-state index is 12.4. The number of rotatable bonds is 3. The fourth-order valence-corrected chi connectivity index (χ4v) is 2.54. The third-order valence-corrected chi connectivity index (χ3v) is 3.58. The Morgan fingerprint density at radius 2 is 2.24 bits per heavy atom. The van der Waals surface area contributed by atoms with Crippen molar-refractivity contribution in [1.82, 2.24) is 4.90 Å². The van der Waals surface area contributed by atoms with E-state index in [1.165, 1.54) is 30.2 Å². The molecule has 114 valence electrons. The number of hydrogen-bond acceptors (Lipinski definition) is 5. The number of nitrogens with zero attached hydrogens (tertiary/aromatic N) is 2. The number of aliphatic hydroxyl groups is 1. The molecule has 1 aromatic carbocycles. The minimum atomic E-state index is -0.910. The number of carbonyl (C=O) groups is 1. The number of amides is 1. The molecule has 1 aliphatic heterocycles. The summed E-state index contributed by atoms with van der Waals surface area (Å²) in [4.78, 5) is 24.4. The molecular formula is C14H18N2O5. The summed E-state index contributed by atoms with van der Waals surface area (Å²) in [5.41, 5.74) is -0.931. The number of benzene rings is 1. The summed E-state index contributed by atoms with van der Waals surface area (Å²) in [6.45, 7) is 2.45. The van der Waals surface area contributed by atoms with E-state index in [1.54, 1.807) is 6.92 Å². The first-order chi connectivity index (χ1) is 9.84. The molecule has 0 bridgehead atoms. The van der Waals surface area contributed by atoms with E-state index >= 15 is 0 Å². The van der Waals surface area contributed by atoms with E-state index < -0.39 is 10.5 Å². The van der Waals surface area contributed by atoms with Crippen LogP contribution in [0.25, 0.3) is 0 Å². The smallest absolute Gasteiger partial charge is 0.311 e. The lowest BCUT2D eigenvalue weighted by atomic mass is 9.94. The number of β-amino-alcohol motifs (C(OH)–C–C–N with tert-alkyl or cyclic N) is 1. The van der Waals surface area contributed by atoms with Crippen LogP contribution in [-0.4, -0.2) is 46.6 Å². The second-order valence-corrected chi connectivity index (χ2v) is 5.47. The van der Waals surface area contributed by atoms with Gasteiger partial charge < -0.3 is 14.7 Å². The Labute approximate surface area is 122 Å². The Hall–Kier alpha value is -2.15. The topological polar surface area (TPSA) is 92.9 Å². The van der Waals surface area contributed by atoms with Crippen molar-refractivity contribution < 1.29 is 19.6 Å². The number of carbonyl (C=O) groups excluding carboxylic acids is 1. The Morgan fingerprint density at radius 3 is 2.81 bits per heavy atom. The highest BCUT2D eigenvalue weighted by Crippen LogP contribution is 2.29. The highest BCUT2D eigenvalue weighted by molar-refractivity contribution is 5.95. The van der Waals surface area contributed by atoms with Crippen LogP contribution in [0.2, 0.25) is 0 Å². The first kappa shape index (κ1) is 15.2. The van der Waals surface area contributed by atoms with Crippen molar-refractivity contribution in [2.24, 2.45) is 0 Å². The normalized spacial score (nSPS) is 22.0. The van der Waals surface area contributed by atoms with Crippen molar-refractivity contribution in [1.29, 1.82) is 0 Å². The molecule has 21 heavy (non-hydrogen) atoms. The second kappa shape index (κ2) is 5.69. The van der Waals surface area contributed by atoms with Crippen molar-refractivity contribution in [3.63, 3.8) is 0 Å². The van der Waals surface area contributed by atoms with Gasteiger partial charge in [-0.25, -0.2) is 0 Å². The Balaban J connectivity index is 2.27. The molecule has 7 heteroatoms. The molecule has 0 spiro atoms. The minimum absolute atomic E-state index is 0.113. The highest BCUT2D eigenvalue weighted by Gasteiger charge is 2.32. The molecule has 2 rings (SSSR count). The predicted molar refractivity (Wildman–Crippen MR) is 75.4 cm³/mol. The van der Waals surface area contributed by atoms with Crippen molar-refractivity contribution >= 4 is 11.6 Å². The van der Waals surface area contributed by atoms with E-state index in [1.807, 2.05) is 0 Å². The van der Waals surface area contributed by atoms with Crippen LogP contribution < -0.4 is 4.74 Å². The summed E-state index contributed by atoms with van der Waals surface area (Å²) in [5, 5.41) is 21.0. The van der Waals surface area contributed by atoms with Crippen molar-refractivity contribution in [3.8, 4) is 5.75 Å². The van der Waals surface area contributed by atoms with Crippen LogP contribution in [0.4, 0.5) is 5.69 Å². The van der Waals surface area contributed by atoms with E-state index in [-0.39, 0.29) is 29.5 Å². The van der Waals surface area contributed by atoms with Crippen molar-refractivity contribution in [3.05, 3.63) is 33.9 Å². The minimum Gasteiger partial charge on any atom is -0.490 e. The Bertz CT molecular complexity index is 570. The largest absolute Gasteiger partial charge is 0.490 e. The lowest BCUT2D eigenvalue weighted by molar-refractivity contribution is -0.385. The quantitative estimate of drug-likeness (QED) is 0.675. The third-order valence-electron chi connectivity index (χ3n) is 3.58. The molecule has 1 unspecified atom stereocenters. The standard InChI is InChI=1S/C14H18N2O5/c1-14(18)6-3-7-15(9-14)13(17)10-4-5-12(21-2)11(8-10)16(19)20/h4-5,8,18H,3,6-7,9H2,1-2H3. The average molecular weight is 294 g/mol. The molecule has 7 nitrogen and oxygen atoms in total. The highest BCUT2D eigenvalue weighted by atomic mass is 16.6. The number of nitro benzene ring substituents is 1. The van der Waals surface area contributed by atoms with Crippen molar-refractivity contribution in [2.45, 2.75) is 25.4 Å². The molecule has 0 saturated carbocycles. The second-order valence-electron chi connectivity index (χ2n) is 5.47. The summed E-state index contributed by atoms with van der Waals surface area (Å²) >= 11 is 0. The molecule has 1 heterocycles. The van der Waals surface area contributed by atoms with Gasteiger partial charge in [0.15, 0.2) is 5.75 Å². The summed E-state index contributed by atoms with van der Waals surface area (Å²) in [5.74, 6) is -0.206. The van der Waals surface area contributed by atoms with Gasteiger partial charge >= 0.3 is 5.69 Å². The fraction of sp³-hybridized carbons (Fsp3) is 0.500. The van der Waals surface area contributed by atoms with Crippen LogP contribution in [0.3, 0.4) is 0 Å². The number of nitro groups is 1. The van der Waals surface area contributed by atoms with Gasteiger partial charge in [0, 0.05) is 24.7 Å². The zero-order valence-corrected chi connectivity index (χ0v) is 12.0. The Morgan fingerprint density at radius 1 is 1.52 bits per heavy atom. The van der Waals surface area contributed by atoms with Crippen LogP contribution in [0.15, 0.2) is 18.2 Å². The lowest BCUT2D eigenvalue weighted by Crippen LogP contribution is -2.48. The number of likely N-dealkylation sites (tertiary alicyclic amines) is 1. The molecule has 1 amide bonds. The molecule has 1 saturated heterocycles. The maximum Gasteiger partial charge on any atom is 0.311 e. The molecule has 1 fully saturated rings. The van der Waals surface area contributed by atoms with E-state index in [9.17, 15) is 20.0 Å². The van der Waals surface area contributed by atoms with Gasteiger partial charge in [-0.15, -0.1) is 0 Å². The van der Waals surface area contributed by atoms with E-state index in [0.717, 1.165) is 0 Å².